The number of imide groups is 1. The topological polar surface area (TPSA) is 77.3 Å². The Balaban J connectivity index is 1.49. The highest BCUT2D eigenvalue weighted by Gasteiger charge is 2.38. The summed E-state index contributed by atoms with van der Waals surface area (Å²) >= 11 is 0. The van der Waals surface area contributed by atoms with Crippen LogP contribution >= 0.6 is 0 Å². The lowest BCUT2D eigenvalue weighted by Crippen LogP contribution is -2.31. The van der Waals surface area contributed by atoms with E-state index in [9.17, 15) is 22.8 Å². The molecule has 172 valence electrons. The van der Waals surface area contributed by atoms with Crippen molar-refractivity contribution in [2.75, 3.05) is 6.54 Å². The fourth-order valence-electron chi connectivity index (χ4n) is 4.07. The number of alkyl halides is 3. The van der Waals surface area contributed by atoms with Crippen molar-refractivity contribution in [2.45, 2.75) is 19.7 Å². The van der Waals surface area contributed by atoms with Gasteiger partial charge in [0.1, 0.15) is 5.75 Å². The molecular formula is C24H17F3N4O3. The molecule has 0 bridgehead atoms. The lowest BCUT2D eigenvalue weighted by molar-refractivity contribution is -0.274. The number of ether oxygens (including phenoxy) is 1. The van der Waals surface area contributed by atoms with Gasteiger partial charge in [0.15, 0.2) is 5.65 Å². The van der Waals surface area contributed by atoms with Gasteiger partial charge in [0, 0.05) is 12.7 Å². The zero-order valence-electron chi connectivity index (χ0n) is 17.8. The van der Waals surface area contributed by atoms with Crippen LogP contribution in [0.5, 0.6) is 5.75 Å². The maximum Gasteiger partial charge on any atom is 0.573 e. The van der Waals surface area contributed by atoms with Crippen LogP contribution in [-0.2, 0) is 6.42 Å². The first-order valence-electron chi connectivity index (χ1n) is 10.4. The number of rotatable bonds is 5. The van der Waals surface area contributed by atoms with Crippen molar-refractivity contribution in [3.05, 3.63) is 83.2 Å². The van der Waals surface area contributed by atoms with Gasteiger partial charge in [-0.05, 0) is 43.2 Å². The van der Waals surface area contributed by atoms with E-state index in [0.29, 0.717) is 28.8 Å². The van der Waals surface area contributed by atoms with E-state index in [1.54, 1.807) is 6.92 Å². The lowest BCUT2D eigenvalue weighted by atomic mass is 10.1. The first kappa shape index (κ1) is 21.6. The van der Waals surface area contributed by atoms with E-state index in [1.165, 1.54) is 40.0 Å². The van der Waals surface area contributed by atoms with Gasteiger partial charge < -0.3 is 4.74 Å². The highest BCUT2D eigenvalue weighted by atomic mass is 19.4. The van der Waals surface area contributed by atoms with Gasteiger partial charge in [0.25, 0.3) is 11.8 Å². The minimum Gasteiger partial charge on any atom is -0.406 e. The van der Waals surface area contributed by atoms with E-state index in [2.05, 4.69) is 14.8 Å². The van der Waals surface area contributed by atoms with Crippen molar-refractivity contribution in [1.29, 1.82) is 0 Å². The van der Waals surface area contributed by atoms with Crippen LogP contribution in [0.4, 0.5) is 13.2 Å². The average Bonchev–Trinajstić information content (AvgIpc) is 3.26. The average molecular weight is 466 g/mol. The van der Waals surface area contributed by atoms with Crippen molar-refractivity contribution in [3.8, 4) is 11.4 Å². The second-order valence-corrected chi connectivity index (χ2v) is 7.78. The second kappa shape index (κ2) is 7.98. The molecular weight excluding hydrogens is 449 g/mol. The standard InChI is InChI=1S/C24H17F3N4O3/c1-14-19-20-18(22(32)30(23(20)33)12-11-15-5-3-2-4-6-15)13-28-21(19)31(29-14)16-7-9-17(10-8-16)34-24(25,26)27/h2-10,13H,11-12H2,1H3. The molecule has 2 aromatic heterocycles. The molecule has 1 aliphatic heterocycles. The van der Waals surface area contributed by atoms with E-state index in [1.807, 2.05) is 30.3 Å². The third kappa shape index (κ3) is 3.76. The Hall–Kier alpha value is -4.21. The molecule has 5 rings (SSSR count). The molecule has 0 saturated carbocycles. The number of hydrogen-bond donors (Lipinski definition) is 0. The molecule has 1 aliphatic rings. The first-order chi connectivity index (χ1) is 16.2. The summed E-state index contributed by atoms with van der Waals surface area (Å²) < 4.78 is 42.7. The smallest absolute Gasteiger partial charge is 0.406 e. The lowest BCUT2D eigenvalue weighted by Gasteiger charge is -2.13. The number of fused-ring (bicyclic) bond motifs is 3. The van der Waals surface area contributed by atoms with E-state index < -0.39 is 18.2 Å². The molecule has 0 fully saturated rings. The summed E-state index contributed by atoms with van der Waals surface area (Å²) in [5, 5.41) is 4.87. The maximum absolute atomic E-state index is 13.2. The minimum absolute atomic E-state index is 0.210. The van der Waals surface area contributed by atoms with Crippen molar-refractivity contribution >= 4 is 22.8 Å². The fraction of sp³-hybridized carbons (Fsp3) is 0.167. The second-order valence-electron chi connectivity index (χ2n) is 7.78. The van der Waals surface area contributed by atoms with Gasteiger partial charge in [-0.25, -0.2) is 9.67 Å². The van der Waals surface area contributed by atoms with Crippen molar-refractivity contribution in [3.63, 3.8) is 0 Å². The van der Waals surface area contributed by atoms with Gasteiger partial charge >= 0.3 is 6.36 Å². The van der Waals surface area contributed by atoms with Gasteiger partial charge in [-0.15, -0.1) is 13.2 Å². The zero-order chi connectivity index (χ0) is 24.0. The Morgan fingerprint density at radius 2 is 1.68 bits per heavy atom. The monoisotopic (exact) mass is 466 g/mol. The molecule has 0 unspecified atom stereocenters. The van der Waals surface area contributed by atoms with Crippen LogP contribution in [0, 0.1) is 6.92 Å². The van der Waals surface area contributed by atoms with Crippen LogP contribution in [0.1, 0.15) is 32.0 Å². The third-order valence-corrected chi connectivity index (χ3v) is 5.59. The van der Waals surface area contributed by atoms with E-state index in [4.69, 9.17) is 0 Å². The van der Waals surface area contributed by atoms with E-state index in [0.717, 1.165) is 5.56 Å². The van der Waals surface area contributed by atoms with E-state index in [-0.39, 0.29) is 23.4 Å². The first-order valence-corrected chi connectivity index (χ1v) is 10.4. The number of pyridine rings is 1. The van der Waals surface area contributed by atoms with Crippen LogP contribution in [0.25, 0.3) is 16.7 Å². The van der Waals surface area contributed by atoms with Crippen LogP contribution in [-0.4, -0.2) is 44.4 Å². The number of carbonyl (C=O) groups excluding carboxylic acids is 2. The van der Waals surface area contributed by atoms with Gasteiger partial charge in [-0.1, -0.05) is 30.3 Å². The predicted molar refractivity (Wildman–Crippen MR) is 116 cm³/mol. The minimum atomic E-state index is -4.79. The molecule has 0 radical (unpaired) electrons. The largest absolute Gasteiger partial charge is 0.573 e. The normalized spacial score (nSPS) is 13.6. The number of carbonyl (C=O) groups is 2. The summed E-state index contributed by atoms with van der Waals surface area (Å²) in [5.41, 5.74) is 2.68. The number of aromatic nitrogens is 3. The molecule has 2 amide bonds. The number of benzene rings is 2. The summed E-state index contributed by atoms with van der Waals surface area (Å²) in [6.07, 6.45) is -2.93. The van der Waals surface area contributed by atoms with Crippen molar-refractivity contribution in [2.24, 2.45) is 0 Å². The Bertz CT molecular complexity index is 1410. The number of amides is 2. The summed E-state index contributed by atoms with van der Waals surface area (Å²) in [6.45, 7) is 1.91. The molecule has 4 aromatic rings. The Kier molecular flexibility index (Phi) is 5.07. The third-order valence-electron chi connectivity index (χ3n) is 5.59. The Morgan fingerprint density at radius 1 is 0.971 bits per heavy atom. The van der Waals surface area contributed by atoms with Gasteiger partial charge in [0.05, 0.1) is 27.9 Å². The predicted octanol–water partition coefficient (Wildman–Crippen LogP) is 4.47. The molecule has 0 aliphatic carbocycles. The van der Waals surface area contributed by atoms with Crippen molar-refractivity contribution < 1.29 is 27.5 Å². The maximum atomic E-state index is 13.2. The Morgan fingerprint density at radius 3 is 2.35 bits per heavy atom. The number of nitrogens with zero attached hydrogens (tertiary/aromatic N) is 4. The van der Waals surface area contributed by atoms with Crippen LogP contribution in [0.15, 0.2) is 60.8 Å². The van der Waals surface area contributed by atoms with E-state index >= 15 is 0 Å². The van der Waals surface area contributed by atoms with Crippen LogP contribution in [0.2, 0.25) is 0 Å². The highest BCUT2D eigenvalue weighted by Crippen LogP contribution is 2.32. The molecule has 2 aromatic carbocycles. The van der Waals surface area contributed by atoms with Crippen LogP contribution in [0.3, 0.4) is 0 Å². The molecule has 0 spiro atoms. The fourth-order valence-corrected chi connectivity index (χ4v) is 4.07. The summed E-state index contributed by atoms with van der Waals surface area (Å²) in [5.74, 6) is -1.20. The van der Waals surface area contributed by atoms with Crippen molar-refractivity contribution in [1.82, 2.24) is 19.7 Å². The highest BCUT2D eigenvalue weighted by molar-refractivity contribution is 6.26. The summed E-state index contributed by atoms with van der Waals surface area (Å²) in [4.78, 5) is 31.7. The van der Waals surface area contributed by atoms with Gasteiger partial charge in [-0.3, -0.25) is 14.5 Å². The zero-order valence-corrected chi connectivity index (χ0v) is 17.8. The van der Waals surface area contributed by atoms with Gasteiger partial charge in [0.2, 0.25) is 0 Å². The number of aryl methyl sites for hydroxylation is 1. The molecule has 0 atom stereocenters. The van der Waals surface area contributed by atoms with Crippen LogP contribution < -0.4 is 4.74 Å². The molecule has 10 heteroatoms. The molecule has 0 N–H and O–H groups in total. The number of hydrogen-bond acceptors (Lipinski definition) is 5. The Labute approximate surface area is 191 Å². The van der Waals surface area contributed by atoms with Gasteiger partial charge in [-0.2, -0.15) is 5.10 Å². The summed E-state index contributed by atoms with van der Waals surface area (Å²) in [7, 11) is 0. The summed E-state index contributed by atoms with van der Waals surface area (Å²) in [6, 6.07) is 14.7. The molecule has 0 saturated heterocycles. The SMILES string of the molecule is Cc1nn(-c2ccc(OC(F)(F)F)cc2)c2ncc3c(c12)C(=O)N(CCc1ccccc1)C3=O. The quantitative estimate of drug-likeness (QED) is 0.406. The molecule has 3 heterocycles. The molecule has 34 heavy (non-hydrogen) atoms. The molecule has 7 nitrogen and oxygen atoms in total. The number of halogens is 3.